The molecule has 7 heteroatoms. The van der Waals surface area contributed by atoms with Gasteiger partial charge < -0.3 is 9.80 Å². The van der Waals surface area contributed by atoms with Crippen LogP contribution in [0.5, 0.6) is 0 Å². The van der Waals surface area contributed by atoms with Crippen molar-refractivity contribution in [2.24, 2.45) is 5.41 Å². The van der Waals surface area contributed by atoms with E-state index in [4.69, 9.17) is 5.26 Å². The average Bonchev–Trinajstić information content (AvgIpc) is 2.73. The van der Waals surface area contributed by atoms with E-state index in [0.29, 0.717) is 18.5 Å². The Morgan fingerprint density at radius 2 is 2.00 bits per heavy atom. The number of aromatic nitrogens is 3. The Bertz CT molecular complexity index is 896. The molecular formula is C21H24N6O. The summed E-state index contributed by atoms with van der Waals surface area (Å²) in [4.78, 5) is 29.8. The van der Waals surface area contributed by atoms with Crippen LogP contribution in [0.4, 0.5) is 5.82 Å². The number of aryl methyl sites for hydroxylation is 1. The van der Waals surface area contributed by atoms with Gasteiger partial charge in [0.25, 0.3) is 0 Å². The minimum absolute atomic E-state index is 0.162. The van der Waals surface area contributed by atoms with Crippen molar-refractivity contribution in [2.75, 3.05) is 24.5 Å². The number of rotatable bonds is 3. The largest absolute Gasteiger partial charge is 0.357 e. The summed E-state index contributed by atoms with van der Waals surface area (Å²) in [7, 11) is 0. The number of nitriles is 1. The fraction of sp³-hybridized carbons (Fsp3) is 0.476. The second kappa shape index (κ2) is 7.55. The van der Waals surface area contributed by atoms with Crippen LogP contribution in [0.15, 0.2) is 30.7 Å². The van der Waals surface area contributed by atoms with Crippen molar-refractivity contribution in [3.05, 3.63) is 47.7 Å². The summed E-state index contributed by atoms with van der Waals surface area (Å²) in [6.07, 6.45) is 8.80. The van der Waals surface area contributed by atoms with Gasteiger partial charge in [0.1, 0.15) is 5.82 Å². The molecule has 0 radical (unpaired) electrons. The van der Waals surface area contributed by atoms with Gasteiger partial charge in [-0.05, 0) is 43.7 Å². The minimum Gasteiger partial charge on any atom is -0.357 e. The standard InChI is InChI=1S/C21H24N6O/c1-16-12-25-18(13-24-16)14-27-15-21(4-2-20(27)28)5-8-26(9-6-21)19-10-17(11-22)3-7-23-19/h3,7,10,12-13H,2,4-6,8-9,14-15H2,1H3. The number of hydrogen-bond acceptors (Lipinski definition) is 6. The van der Waals surface area contributed by atoms with E-state index in [0.717, 1.165) is 56.1 Å². The molecule has 2 fully saturated rings. The number of likely N-dealkylation sites (tertiary alicyclic amines) is 1. The third-order valence-corrected chi connectivity index (χ3v) is 5.96. The lowest BCUT2D eigenvalue weighted by molar-refractivity contribution is -0.139. The van der Waals surface area contributed by atoms with Crippen LogP contribution >= 0.6 is 0 Å². The molecule has 2 aromatic rings. The molecule has 0 N–H and O–H groups in total. The van der Waals surface area contributed by atoms with Crippen LogP contribution in [0.2, 0.25) is 0 Å². The van der Waals surface area contributed by atoms with Crippen molar-refractivity contribution in [1.82, 2.24) is 19.9 Å². The van der Waals surface area contributed by atoms with E-state index < -0.39 is 0 Å². The Labute approximate surface area is 165 Å². The molecule has 2 aliphatic rings. The summed E-state index contributed by atoms with van der Waals surface area (Å²) < 4.78 is 0. The first-order chi connectivity index (χ1) is 13.6. The van der Waals surface area contributed by atoms with Gasteiger partial charge in [0.05, 0.1) is 35.8 Å². The van der Waals surface area contributed by atoms with Gasteiger partial charge in [0.2, 0.25) is 5.91 Å². The fourth-order valence-corrected chi connectivity index (χ4v) is 4.22. The number of amides is 1. The van der Waals surface area contributed by atoms with Crippen molar-refractivity contribution in [3.63, 3.8) is 0 Å². The van der Waals surface area contributed by atoms with Crippen molar-refractivity contribution >= 4 is 11.7 Å². The van der Waals surface area contributed by atoms with Crippen LogP contribution in [-0.2, 0) is 11.3 Å². The third kappa shape index (κ3) is 3.81. The second-order valence-electron chi connectivity index (χ2n) is 7.90. The number of carbonyl (C=O) groups excluding carboxylic acids is 1. The summed E-state index contributed by atoms with van der Waals surface area (Å²) in [5, 5.41) is 9.11. The van der Waals surface area contributed by atoms with Crippen molar-refractivity contribution in [3.8, 4) is 6.07 Å². The van der Waals surface area contributed by atoms with Crippen LogP contribution in [0.1, 0.15) is 42.6 Å². The van der Waals surface area contributed by atoms with Gasteiger partial charge in [0, 0.05) is 38.4 Å². The molecule has 0 aromatic carbocycles. The maximum absolute atomic E-state index is 12.5. The molecule has 0 bridgehead atoms. The fourth-order valence-electron chi connectivity index (χ4n) is 4.22. The highest BCUT2D eigenvalue weighted by molar-refractivity contribution is 5.77. The average molecular weight is 376 g/mol. The lowest BCUT2D eigenvalue weighted by atomic mass is 9.72. The first kappa shape index (κ1) is 18.4. The SMILES string of the molecule is Cc1cnc(CN2CC3(CCC2=O)CCN(c2cc(C#N)ccn2)CC3)cn1. The zero-order chi connectivity index (χ0) is 19.6. The summed E-state index contributed by atoms with van der Waals surface area (Å²) in [5.41, 5.74) is 2.52. The summed E-state index contributed by atoms with van der Waals surface area (Å²) >= 11 is 0. The molecule has 2 aromatic heterocycles. The van der Waals surface area contributed by atoms with Crippen LogP contribution < -0.4 is 4.90 Å². The number of anilines is 1. The highest BCUT2D eigenvalue weighted by Gasteiger charge is 2.41. The van der Waals surface area contributed by atoms with E-state index >= 15 is 0 Å². The lowest BCUT2D eigenvalue weighted by Gasteiger charge is -2.47. The van der Waals surface area contributed by atoms with Crippen LogP contribution in [0.25, 0.3) is 0 Å². The number of piperidine rings is 2. The summed E-state index contributed by atoms with van der Waals surface area (Å²) in [5.74, 6) is 1.08. The van der Waals surface area contributed by atoms with Crippen LogP contribution in [-0.4, -0.2) is 45.4 Å². The number of hydrogen-bond donors (Lipinski definition) is 0. The number of carbonyl (C=O) groups is 1. The molecular weight excluding hydrogens is 352 g/mol. The van der Waals surface area contributed by atoms with E-state index in [1.807, 2.05) is 17.9 Å². The van der Waals surface area contributed by atoms with Gasteiger partial charge in [-0.25, -0.2) is 4.98 Å². The first-order valence-electron chi connectivity index (χ1n) is 9.73. The molecule has 7 nitrogen and oxygen atoms in total. The van der Waals surface area contributed by atoms with E-state index in [2.05, 4.69) is 25.9 Å². The normalized spacial score (nSPS) is 18.9. The molecule has 1 spiro atoms. The molecule has 0 atom stereocenters. The molecule has 0 aliphatic carbocycles. The van der Waals surface area contributed by atoms with E-state index in [1.165, 1.54) is 0 Å². The maximum atomic E-state index is 12.5. The zero-order valence-corrected chi connectivity index (χ0v) is 16.1. The molecule has 28 heavy (non-hydrogen) atoms. The topological polar surface area (TPSA) is 86.0 Å². The second-order valence-corrected chi connectivity index (χ2v) is 7.90. The van der Waals surface area contributed by atoms with Crippen molar-refractivity contribution < 1.29 is 4.79 Å². The Balaban J connectivity index is 1.42. The van der Waals surface area contributed by atoms with Gasteiger partial charge in [-0.1, -0.05) is 0 Å². The van der Waals surface area contributed by atoms with E-state index in [1.54, 1.807) is 24.7 Å². The molecule has 144 valence electrons. The molecule has 2 aliphatic heterocycles. The Morgan fingerprint density at radius 3 is 2.71 bits per heavy atom. The van der Waals surface area contributed by atoms with Crippen LogP contribution in [0, 0.1) is 23.7 Å². The summed E-state index contributed by atoms with van der Waals surface area (Å²) in [6, 6.07) is 5.76. The molecule has 4 rings (SSSR count). The third-order valence-electron chi connectivity index (χ3n) is 5.96. The monoisotopic (exact) mass is 376 g/mol. The van der Waals surface area contributed by atoms with Crippen LogP contribution in [0.3, 0.4) is 0 Å². The molecule has 0 unspecified atom stereocenters. The molecule has 1 amide bonds. The van der Waals surface area contributed by atoms with Crippen molar-refractivity contribution in [2.45, 2.75) is 39.2 Å². The number of pyridine rings is 1. The lowest BCUT2D eigenvalue weighted by Crippen LogP contribution is -2.51. The Kier molecular flexibility index (Phi) is 4.95. The predicted octanol–water partition coefficient (Wildman–Crippen LogP) is 2.46. The minimum atomic E-state index is 0.162. The Hall–Kier alpha value is -3.01. The zero-order valence-electron chi connectivity index (χ0n) is 16.1. The Morgan fingerprint density at radius 1 is 1.18 bits per heavy atom. The van der Waals surface area contributed by atoms with Crippen molar-refractivity contribution in [1.29, 1.82) is 5.26 Å². The van der Waals surface area contributed by atoms with E-state index in [-0.39, 0.29) is 11.3 Å². The molecule has 0 saturated carbocycles. The first-order valence-corrected chi connectivity index (χ1v) is 9.73. The maximum Gasteiger partial charge on any atom is 0.222 e. The quantitative estimate of drug-likeness (QED) is 0.818. The van der Waals surface area contributed by atoms with Gasteiger partial charge in [-0.3, -0.25) is 14.8 Å². The highest BCUT2D eigenvalue weighted by Crippen LogP contribution is 2.41. The van der Waals surface area contributed by atoms with Gasteiger partial charge in [-0.15, -0.1) is 0 Å². The van der Waals surface area contributed by atoms with Gasteiger partial charge in [-0.2, -0.15) is 5.26 Å². The smallest absolute Gasteiger partial charge is 0.222 e. The predicted molar refractivity (Wildman–Crippen MR) is 104 cm³/mol. The van der Waals surface area contributed by atoms with Gasteiger partial charge >= 0.3 is 0 Å². The van der Waals surface area contributed by atoms with Gasteiger partial charge in [0.15, 0.2) is 0 Å². The molecule has 4 heterocycles. The molecule has 2 saturated heterocycles. The van der Waals surface area contributed by atoms with E-state index in [9.17, 15) is 4.79 Å². The highest BCUT2D eigenvalue weighted by atomic mass is 16.2. The summed E-state index contributed by atoms with van der Waals surface area (Å²) in [6.45, 7) is 5.01. The number of nitrogens with zero attached hydrogens (tertiary/aromatic N) is 6.